The Hall–Kier alpha value is -1.77. The van der Waals surface area contributed by atoms with Crippen molar-refractivity contribution < 1.29 is 37.3 Å². The summed E-state index contributed by atoms with van der Waals surface area (Å²) in [6.45, 7) is 7.01. The van der Waals surface area contributed by atoms with Crippen LogP contribution in [0.5, 0.6) is 0 Å². The van der Waals surface area contributed by atoms with Gasteiger partial charge in [0, 0.05) is 12.8 Å². The summed E-state index contributed by atoms with van der Waals surface area (Å²) in [6, 6.07) is -0.847. The minimum atomic E-state index is -4.44. The van der Waals surface area contributed by atoms with Crippen LogP contribution in [0.4, 0.5) is 0 Å². The van der Waals surface area contributed by atoms with E-state index in [0.717, 1.165) is 57.8 Å². The number of quaternary nitrogens is 1. The number of likely N-dealkylation sites (N-methyl/N-ethyl adjacent to an activating group) is 1. The second kappa shape index (κ2) is 51.7. The Bertz CT molecular complexity index is 1310. The van der Waals surface area contributed by atoms with Crippen molar-refractivity contribution in [2.24, 2.45) is 0 Å². The smallest absolute Gasteiger partial charge is 0.456 e. The number of unbranched alkanes of at least 4 members (excludes halogenated alkanes) is 35. The number of ether oxygens (including phenoxy) is 1. The van der Waals surface area contributed by atoms with Gasteiger partial charge in [-0.3, -0.25) is 18.6 Å². The largest absolute Gasteiger partial charge is 0.472 e. The number of hydrogen-bond donors (Lipinski definition) is 2. The van der Waals surface area contributed by atoms with Crippen molar-refractivity contribution in [2.45, 2.75) is 303 Å². The van der Waals surface area contributed by atoms with E-state index >= 15 is 0 Å². The zero-order valence-electron chi connectivity index (χ0n) is 47.7. The average Bonchev–Trinajstić information content (AvgIpc) is 3.33. The molecule has 0 radical (unpaired) electrons. The molecule has 418 valence electrons. The summed E-state index contributed by atoms with van der Waals surface area (Å²) < 4.78 is 30.6. The summed E-state index contributed by atoms with van der Waals surface area (Å²) in [6.07, 6.45) is 61.3. The van der Waals surface area contributed by atoms with E-state index in [1.54, 1.807) is 0 Å². The van der Waals surface area contributed by atoms with Crippen LogP contribution in [-0.2, 0) is 27.9 Å². The van der Waals surface area contributed by atoms with Gasteiger partial charge >= 0.3 is 13.8 Å². The number of carbonyl (C=O) groups excluding carboxylic acids is 2. The lowest BCUT2D eigenvalue weighted by atomic mass is 10.0. The number of amides is 1. The van der Waals surface area contributed by atoms with Gasteiger partial charge in [-0.2, -0.15) is 0 Å². The molecule has 2 N–H and O–H groups in total. The number of phosphoric acid groups is 1. The molecule has 0 aliphatic carbocycles. The number of carbonyl (C=O) groups is 2. The fourth-order valence-corrected chi connectivity index (χ4v) is 9.55. The number of nitrogens with zero attached hydrogens (tertiary/aromatic N) is 1. The molecule has 0 saturated carbocycles. The van der Waals surface area contributed by atoms with E-state index in [4.69, 9.17) is 13.8 Å². The summed E-state index contributed by atoms with van der Waals surface area (Å²) in [7, 11) is 1.50. The van der Waals surface area contributed by atoms with Crippen LogP contribution in [0.2, 0.25) is 0 Å². The van der Waals surface area contributed by atoms with Crippen molar-refractivity contribution in [1.82, 2.24) is 5.32 Å². The molecule has 0 aromatic heterocycles. The molecule has 1 amide bonds. The van der Waals surface area contributed by atoms with Crippen LogP contribution in [0, 0.1) is 0 Å². The van der Waals surface area contributed by atoms with Crippen LogP contribution in [0.3, 0.4) is 0 Å². The number of phosphoric ester groups is 1. The van der Waals surface area contributed by atoms with E-state index in [1.165, 1.54) is 199 Å². The van der Waals surface area contributed by atoms with Gasteiger partial charge < -0.3 is 19.4 Å². The van der Waals surface area contributed by atoms with Crippen LogP contribution >= 0.6 is 7.82 Å². The monoisotopic (exact) mass is 1020 g/mol. The minimum Gasteiger partial charge on any atom is -0.456 e. The van der Waals surface area contributed by atoms with Gasteiger partial charge in [-0.15, -0.1) is 0 Å². The maximum Gasteiger partial charge on any atom is 0.472 e. The Morgan fingerprint density at radius 2 is 0.817 bits per heavy atom. The molecule has 0 heterocycles. The minimum absolute atomic E-state index is 0.0406. The van der Waals surface area contributed by atoms with Gasteiger partial charge in [0.2, 0.25) is 5.91 Å². The predicted molar refractivity (Wildman–Crippen MR) is 305 cm³/mol. The molecule has 9 nitrogen and oxygen atoms in total. The van der Waals surface area contributed by atoms with Crippen molar-refractivity contribution >= 4 is 19.7 Å². The standard InChI is InChI=1S/C61H117N2O7P/c1-7-10-13-16-19-22-25-27-29-30-31-32-34-35-38-41-44-47-50-53-60(64)62-58(57-69-71(66,67)68-56-55-63(4,5)6)59(52-49-46-43-40-37-24-21-18-15-12-9-3)70-61(65)54-51-48-45-42-39-36-33-28-26-23-20-17-14-11-8-2/h23,26-27,29,49,52,58-59H,7-22,24-25,28,30-48,50-51,53-57H2,1-6H3,(H-,62,64,66,67)/p+1/b26-23-,29-27+,52-49-. The van der Waals surface area contributed by atoms with E-state index in [1.807, 2.05) is 33.3 Å². The van der Waals surface area contributed by atoms with Gasteiger partial charge in [0.25, 0.3) is 0 Å². The second-order valence-corrected chi connectivity index (χ2v) is 23.3. The molecular weight excluding hydrogens is 904 g/mol. The molecule has 71 heavy (non-hydrogen) atoms. The molecule has 0 aliphatic rings. The Balaban J connectivity index is 5.23. The molecular formula is C61H118N2O7P+. The van der Waals surface area contributed by atoms with E-state index in [0.29, 0.717) is 17.4 Å². The maximum atomic E-state index is 13.5. The Morgan fingerprint density at radius 1 is 0.479 bits per heavy atom. The summed E-state index contributed by atoms with van der Waals surface area (Å²) >= 11 is 0. The van der Waals surface area contributed by atoms with Crippen molar-refractivity contribution in [3.63, 3.8) is 0 Å². The molecule has 0 rings (SSSR count). The highest BCUT2D eigenvalue weighted by atomic mass is 31.2. The highest BCUT2D eigenvalue weighted by molar-refractivity contribution is 7.47. The van der Waals surface area contributed by atoms with Crippen molar-refractivity contribution in [1.29, 1.82) is 0 Å². The number of esters is 1. The fraction of sp³-hybridized carbons (Fsp3) is 0.869. The Morgan fingerprint density at radius 3 is 1.21 bits per heavy atom. The topological polar surface area (TPSA) is 111 Å². The lowest BCUT2D eigenvalue weighted by molar-refractivity contribution is -0.870. The SMILES string of the molecule is CCCCCC/C=C\CCCCCCCCCC(=O)OC(/C=C\CCCCCCCCCCC)C(COP(=O)(O)OCC[N+](C)(C)C)NC(=O)CCCCCCCCCCC/C=C/CCCCCCCC. The molecule has 0 spiro atoms. The lowest BCUT2D eigenvalue weighted by Gasteiger charge is -2.27. The zero-order chi connectivity index (χ0) is 52.2. The van der Waals surface area contributed by atoms with Crippen LogP contribution in [-0.4, -0.2) is 74.3 Å². The summed E-state index contributed by atoms with van der Waals surface area (Å²) in [5, 5.41) is 3.05. The van der Waals surface area contributed by atoms with Crippen LogP contribution < -0.4 is 5.32 Å². The third-order valence-corrected chi connectivity index (χ3v) is 14.5. The molecule has 3 unspecified atom stereocenters. The normalized spacial score (nSPS) is 14.0. The van der Waals surface area contributed by atoms with E-state index in [9.17, 15) is 19.0 Å². The number of hydrogen-bond acceptors (Lipinski definition) is 6. The zero-order valence-corrected chi connectivity index (χ0v) is 48.6. The first-order valence-electron chi connectivity index (χ1n) is 30.3. The summed E-state index contributed by atoms with van der Waals surface area (Å²) in [5.74, 6) is -0.504. The van der Waals surface area contributed by atoms with Gasteiger partial charge in [-0.25, -0.2) is 4.57 Å². The maximum absolute atomic E-state index is 13.5. The predicted octanol–water partition coefficient (Wildman–Crippen LogP) is 18.3. The average molecular weight is 1020 g/mol. The van der Waals surface area contributed by atoms with Crippen molar-refractivity contribution in [3.05, 3.63) is 36.5 Å². The number of nitrogens with one attached hydrogen (secondary N) is 1. The van der Waals surface area contributed by atoms with Gasteiger partial charge in [-0.1, -0.05) is 231 Å². The van der Waals surface area contributed by atoms with Gasteiger partial charge in [0.1, 0.15) is 19.3 Å². The molecule has 0 aromatic rings. The molecule has 0 aliphatic heterocycles. The van der Waals surface area contributed by atoms with Gasteiger partial charge in [0.05, 0.1) is 33.8 Å². The lowest BCUT2D eigenvalue weighted by Crippen LogP contribution is -2.47. The van der Waals surface area contributed by atoms with Crippen LogP contribution in [0.25, 0.3) is 0 Å². The van der Waals surface area contributed by atoms with Crippen LogP contribution in [0.15, 0.2) is 36.5 Å². The molecule has 0 saturated heterocycles. The summed E-state index contributed by atoms with van der Waals surface area (Å²) in [5.41, 5.74) is 0. The van der Waals surface area contributed by atoms with E-state index < -0.39 is 20.0 Å². The van der Waals surface area contributed by atoms with E-state index in [-0.39, 0.29) is 31.5 Å². The fourth-order valence-electron chi connectivity index (χ4n) is 8.81. The van der Waals surface area contributed by atoms with Crippen molar-refractivity contribution in [2.75, 3.05) is 40.9 Å². The first-order valence-corrected chi connectivity index (χ1v) is 31.8. The third-order valence-electron chi connectivity index (χ3n) is 13.6. The number of allylic oxidation sites excluding steroid dienone is 5. The van der Waals surface area contributed by atoms with Gasteiger partial charge in [0.15, 0.2) is 0 Å². The van der Waals surface area contributed by atoms with Crippen molar-refractivity contribution in [3.8, 4) is 0 Å². The summed E-state index contributed by atoms with van der Waals surface area (Å²) in [4.78, 5) is 37.6. The molecule has 3 atom stereocenters. The molecule has 0 fully saturated rings. The second-order valence-electron chi connectivity index (χ2n) is 21.9. The highest BCUT2D eigenvalue weighted by Gasteiger charge is 2.30. The van der Waals surface area contributed by atoms with Crippen LogP contribution in [0.1, 0.15) is 290 Å². The molecule has 0 aromatic carbocycles. The molecule has 0 bridgehead atoms. The van der Waals surface area contributed by atoms with Gasteiger partial charge in [-0.05, 0) is 83.1 Å². The Kier molecular flexibility index (Phi) is 50.4. The third kappa shape index (κ3) is 52.9. The number of rotatable bonds is 55. The molecule has 10 heteroatoms. The Labute approximate surface area is 440 Å². The first kappa shape index (κ1) is 69.2. The highest BCUT2D eigenvalue weighted by Crippen LogP contribution is 2.43. The first-order chi connectivity index (χ1) is 34.4. The van der Waals surface area contributed by atoms with E-state index in [2.05, 4.69) is 50.4 Å². The quantitative estimate of drug-likeness (QED) is 0.0205.